The number of piperidine rings is 1. The van der Waals surface area contributed by atoms with Crippen molar-refractivity contribution in [2.75, 3.05) is 23.3 Å². The summed E-state index contributed by atoms with van der Waals surface area (Å²) in [5.74, 6) is 0.552. The van der Waals surface area contributed by atoms with Gasteiger partial charge in [0.1, 0.15) is 0 Å². The molecule has 4 rings (SSSR count). The third-order valence-electron chi connectivity index (χ3n) is 5.24. The molecule has 1 aliphatic rings. The van der Waals surface area contributed by atoms with Crippen LogP contribution in [0.5, 0.6) is 0 Å². The summed E-state index contributed by atoms with van der Waals surface area (Å²) in [6.07, 6.45) is 2.46. The van der Waals surface area contributed by atoms with Crippen LogP contribution in [0.1, 0.15) is 30.3 Å². The standard InChI is InChI=1S/C23H24N4O/c1-17-13-15-27(16-14-17)20-9-7-19(8-10-20)24-23(28)22-12-11-21(25-26-22)18-5-3-2-4-6-18/h2-12,17H,13-16H2,1H3,(H,24,28). The average Bonchev–Trinajstić information content (AvgIpc) is 2.76. The number of benzene rings is 2. The minimum atomic E-state index is -0.258. The normalized spacial score (nSPS) is 14.7. The lowest BCUT2D eigenvalue weighted by Crippen LogP contribution is -2.32. The first-order chi connectivity index (χ1) is 13.7. The van der Waals surface area contributed by atoms with Crippen LogP contribution in [0.2, 0.25) is 0 Å². The second-order valence-corrected chi connectivity index (χ2v) is 7.34. The fraction of sp³-hybridized carbons (Fsp3) is 0.261. The van der Waals surface area contributed by atoms with Crippen LogP contribution in [-0.2, 0) is 0 Å². The maximum Gasteiger partial charge on any atom is 0.276 e. The first-order valence-corrected chi connectivity index (χ1v) is 9.74. The van der Waals surface area contributed by atoms with Crippen molar-refractivity contribution in [3.05, 3.63) is 72.4 Å². The Balaban J connectivity index is 1.39. The van der Waals surface area contributed by atoms with Crippen molar-refractivity contribution in [3.63, 3.8) is 0 Å². The summed E-state index contributed by atoms with van der Waals surface area (Å²) in [4.78, 5) is 14.9. The van der Waals surface area contributed by atoms with Gasteiger partial charge in [-0.1, -0.05) is 37.3 Å². The molecule has 0 unspecified atom stereocenters. The number of amides is 1. The average molecular weight is 372 g/mol. The number of aromatic nitrogens is 2. The van der Waals surface area contributed by atoms with E-state index < -0.39 is 0 Å². The number of nitrogens with one attached hydrogen (secondary N) is 1. The molecule has 0 spiro atoms. The molecule has 3 aromatic rings. The largest absolute Gasteiger partial charge is 0.372 e. The van der Waals surface area contributed by atoms with Gasteiger partial charge < -0.3 is 10.2 Å². The molecule has 1 fully saturated rings. The Bertz CT molecular complexity index is 915. The first kappa shape index (κ1) is 18.2. The predicted molar refractivity (Wildman–Crippen MR) is 112 cm³/mol. The minimum Gasteiger partial charge on any atom is -0.372 e. The summed E-state index contributed by atoms with van der Waals surface area (Å²) in [7, 11) is 0. The zero-order valence-electron chi connectivity index (χ0n) is 16.0. The molecule has 1 aliphatic heterocycles. The molecule has 2 heterocycles. The molecule has 2 aromatic carbocycles. The van der Waals surface area contributed by atoms with E-state index in [1.54, 1.807) is 6.07 Å². The van der Waals surface area contributed by atoms with E-state index in [-0.39, 0.29) is 5.91 Å². The van der Waals surface area contributed by atoms with Crippen LogP contribution >= 0.6 is 0 Å². The summed E-state index contributed by atoms with van der Waals surface area (Å²) >= 11 is 0. The predicted octanol–water partition coefficient (Wildman–Crippen LogP) is 4.63. The summed E-state index contributed by atoms with van der Waals surface area (Å²) in [6, 6.07) is 21.3. The van der Waals surface area contributed by atoms with Crippen molar-refractivity contribution in [1.29, 1.82) is 0 Å². The summed E-state index contributed by atoms with van der Waals surface area (Å²) in [5, 5.41) is 11.1. The second-order valence-electron chi connectivity index (χ2n) is 7.34. The smallest absolute Gasteiger partial charge is 0.276 e. The highest BCUT2D eigenvalue weighted by Crippen LogP contribution is 2.24. The zero-order valence-corrected chi connectivity index (χ0v) is 16.0. The number of nitrogens with zero attached hydrogens (tertiary/aromatic N) is 3. The van der Waals surface area contributed by atoms with Gasteiger partial charge in [0.25, 0.3) is 5.91 Å². The van der Waals surface area contributed by atoms with Gasteiger partial charge in [-0.05, 0) is 55.2 Å². The number of carbonyl (C=O) groups excluding carboxylic acids is 1. The van der Waals surface area contributed by atoms with Gasteiger partial charge >= 0.3 is 0 Å². The molecule has 142 valence electrons. The van der Waals surface area contributed by atoms with Gasteiger partial charge in [0.2, 0.25) is 0 Å². The van der Waals surface area contributed by atoms with Crippen LogP contribution in [0.15, 0.2) is 66.7 Å². The summed E-state index contributed by atoms with van der Waals surface area (Å²) < 4.78 is 0. The Hall–Kier alpha value is -3.21. The van der Waals surface area contributed by atoms with Crippen molar-refractivity contribution < 1.29 is 4.79 Å². The van der Waals surface area contributed by atoms with Crippen molar-refractivity contribution in [2.24, 2.45) is 5.92 Å². The van der Waals surface area contributed by atoms with E-state index in [2.05, 4.69) is 39.5 Å². The van der Waals surface area contributed by atoms with Crippen molar-refractivity contribution in [2.45, 2.75) is 19.8 Å². The Morgan fingerprint density at radius 2 is 1.64 bits per heavy atom. The first-order valence-electron chi connectivity index (χ1n) is 9.74. The number of carbonyl (C=O) groups is 1. The zero-order chi connectivity index (χ0) is 19.3. The SMILES string of the molecule is CC1CCN(c2ccc(NC(=O)c3ccc(-c4ccccc4)nn3)cc2)CC1. The van der Waals surface area contributed by atoms with Crippen LogP contribution in [0.25, 0.3) is 11.3 Å². The third kappa shape index (κ3) is 4.19. The second kappa shape index (κ2) is 8.21. The van der Waals surface area contributed by atoms with Gasteiger partial charge in [0, 0.05) is 30.0 Å². The Morgan fingerprint density at radius 3 is 2.29 bits per heavy atom. The van der Waals surface area contributed by atoms with Crippen LogP contribution in [0.3, 0.4) is 0 Å². The maximum absolute atomic E-state index is 12.5. The highest BCUT2D eigenvalue weighted by molar-refractivity contribution is 6.02. The fourth-order valence-electron chi connectivity index (χ4n) is 3.43. The quantitative estimate of drug-likeness (QED) is 0.725. The molecule has 5 nitrogen and oxygen atoms in total. The molecule has 1 saturated heterocycles. The molecule has 0 radical (unpaired) electrons. The van der Waals surface area contributed by atoms with Crippen LogP contribution in [0, 0.1) is 5.92 Å². The molecule has 1 amide bonds. The van der Waals surface area contributed by atoms with Gasteiger partial charge in [0.15, 0.2) is 5.69 Å². The Morgan fingerprint density at radius 1 is 0.929 bits per heavy atom. The topological polar surface area (TPSA) is 58.1 Å². The highest BCUT2D eigenvalue weighted by atomic mass is 16.1. The lowest BCUT2D eigenvalue weighted by atomic mass is 9.99. The Labute approximate surface area is 165 Å². The molecule has 1 N–H and O–H groups in total. The van der Waals surface area contributed by atoms with Gasteiger partial charge in [-0.15, -0.1) is 10.2 Å². The Kier molecular flexibility index (Phi) is 5.33. The lowest BCUT2D eigenvalue weighted by molar-refractivity contribution is 0.102. The lowest BCUT2D eigenvalue weighted by Gasteiger charge is -2.32. The van der Waals surface area contributed by atoms with E-state index in [1.165, 1.54) is 18.5 Å². The van der Waals surface area contributed by atoms with Crippen molar-refractivity contribution in [3.8, 4) is 11.3 Å². The number of rotatable bonds is 4. The van der Waals surface area contributed by atoms with Crippen LogP contribution in [0.4, 0.5) is 11.4 Å². The monoisotopic (exact) mass is 372 g/mol. The fourth-order valence-corrected chi connectivity index (χ4v) is 3.43. The molecule has 1 aromatic heterocycles. The van der Waals surface area contributed by atoms with E-state index >= 15 is 0 Å². The van der Waals surface area contributed by atoms with Crippen molar-refractivity contribution >= 4 is 17.3 Å². The molecule has 0 bridgehead atoms. The van der Waals surface area contributed by atoms with E-state index in [0.717, 1.165) is 36.0 Å². The maximum atomic E-state index is 12.5. The summed E-state index contributed by atoms with van der Waals surface area (Å²) in [6.45, 7) is 4.50. The van der Waals surface area contributed by atoms with E-state index in [0.29, 0.717) is 5.69 Å². The number of hydrogen-bond donors (Lipinski definition) is 1. The molecule has 0 aliphatic carbocycles. The minimum absolute atomic E-state index is 0.258. The van der Waals surface area contributed by atoms with E-state index in [4.69, 9.17) is 0 Å². The molecular weight excluding hydrogens is 348 g/mol. The van der Waals surface area contributed by atoms with Gasteiger partial charge in [-0.2, -0.15) is 0 Å². The number of anilines is 2. The molecule has 0 atom stereocenters. The highest BCUT2D eigenvalue weighted by Gasteiger charge is 2.16. The van der Waals surface area contributed by atoms with Crippen LogP contribution in [-0.4, -0.2) is 29.2 Å². The van der Waals surface area contributed by atoms with E-state index in [9.17, 15) is 4.79 Å². The van der Waals surface area contributed by atoms with Gasteiger partial charge in [-0.25, -0.2) is 0 Å². The third-order valence-corrected chi connectivity index (χ3v) is 5.24. The molecule has 5 heteroatoms. The number of hydrogen-bond acceptors (Lipinski definition) is 4. The molecular formula is C23H24N4O. The van der Waals surface area contributed by atoms with Gasteiger partial charge in [-0.3, -0.25) is 4.79 Å². The van der Waals surface area contributed by atoms with Crippen molar-refractivity contribution in [1.82, 2.24) is 10.2 Å². The molecule has 0 saturated carbocycles. The molecule has 28 heavy (non-hydrogen) atoms. The van der Waals surface area contributed by atoms with Crippen LogP contribution < -0.4 is 10.2 Å². The van der Waals surface area contributed by atoms with Gasteiger partial charge in [0.05, 0.1) is 5.69 Å². The van der Waals surface area contributed by atoms with E-state index in [1.807, 2.05) is 48.5 Å². The summed E-state index contributed by atoms with van der Waals surface area (Å²) in [5.41, 5.74) is 3.99.